The summed E-state index contributed by atoms with van der Waals surface area (Å²) in [5.74, 6) is 0.500. The van der Waals surface area contributed by atoms with Gasteiger partial charge >= 0.3 is 0 Å². The van der Waals surface area contributed by atoms with E-state index in [1.54, 1.807) is 7.11 Å². The minimum Gasteiger partial charge on any atom is -0.410 e. The Hall–Kier alpha value is 0.427. The second kappa shape index (κ2) is 5.49. The molecule has 86 valence electrons. The summed E-state index contributed by atoms with van der Waals surface area (Å²) in [7, 11) is -0.0155. The van der Waals surface area contributed by atoms with Crippen LogP contribution in [0, 0.1) is 0 Å². The minimum absolute atomic E-state index is 0.0301. The topological polar surface area (TPSA) is 18.5 Å². The van der Waals surface area contributed by atoms with E-state index in [1.807, 2.05) is 0 Å². The minimum atomic E-state index is -1.69. The smallest absolute Gasteiger partial charge is 0.192 e. The predicted molar refractivity (Wildman–Crippen MR) is 64.7 cm³/mol. The van der Waals surface area contributed by atoms with E-state index >= 15 is 0 Å². The third-order valence-electron chi connectivity index (χ3n) is 2.79. The van der Waals surface area contributed by atoms with Crippen LogP contribution in [0.5, 0.6) is 0 Å². The van der Waals surface area contributed by atoms with Crippen molar-refractivity contribution in [3.05, 3.63) is 0 Å². The van der Waals surface area contributed by atoms with Crippen molar-refractivity contribution in [3.63, 3.8) is 0 Å². The maximum atomic E-state index is 6.07. The lowest BCUT2D eigenvalue weighted by Crippen LogP contribution is -2.45. The number of alkyl halides is 1. The van der Waals surface area contributed by atoms with Gasteiger partial charge in [0, 0.05) is 13.0 Å². The van der Waals surface area contributed by atoms with E-state index in [4.69, 9.17) is 20.8 Å². The number of rotatable bonds is 5. The van der Waals surface area contributed by atoms with Gasteiger partial charge in [-0.1, -0.05) is 20.8 Å². The van der Waals surface area contributed by atoms with Crippen LogP contribution in [0.4, 0.5) is 0 Å². The van der Waals surface area contributed by atoms with Gasteiger partial charge in [-0.05, 0) is 18.1 Å². The van der Waals surface area contributed by atoms with E-state index in [9.17, 15) is 0 Å². The highest BCUT2D eigenvalue weighted by Crippen LogP contribution is 2.37. The van der Waals surface area contributed by atoms with Gasteiger partial charge in [0.1, 0.15) is 0 Å². The maximum absolute atomic E-state index is 6.07. The molecule has 0 rings (SSSR count). The lowest BCUT2D eigenvalue weighted by atomic mass is 10.2. The van der Waals surface area contributed by atoms with Crippen molar-refractivity contribution in [3.8, 4) is 0 Å². The number of hydrogen-bond donors (Lipinski definition) is 0. The average Bonchev–Trinajstić information content (AvgIpc) is 2.01. The largest absolute Gasteiger partial charge is 0.410 e. The third kappa shape index (κ3) is 4.30. The predicted octanol–water partition coefficient (Wildman–Crippen LogP) is 3.26. The summed E-state index contributed by atoms with van der Waals surface area (Å²) in [5.41, 5.74) is 0. The molecule has 0 saturated heterocycles. The molecule has 0 aromatic rings. The molecule has 0 aliphatic heterocycles. The van der Waals surface area contributed by atoms with Gasteiger partial charge in [0.2, 0.25) is 0 Å². The van der Waals surface area contributed by atoms with E-state index in [2.05, 4.69) is 33.9 Å². The Labute approximate surface area is 94.1 Å². The van der Waals surface area contributed by atoms with Crippen LogP contribution in [0.2, 0.25) is 18.1 Å². The summed E-state index contributed by atoms with van der Waals surface area (Å²) in [4.78, 5) is 0. The lowest BCUT2D eigenvalue weighted by Gasteiger charge is -2.38. The highest BCUT2D eigenvalue weighted by molar-refractivity contribution is 6.74. The van der Waals surface area contributed by atoms with Crippen LogP contribution in [-0.4, -0.2) is 34.0 Å². The Morgan fingerprint density at radius 3 is 2.07 bits per heavy atom. The normalized spacial score (nSPS) is 15.6. The molecular weight excluding hydrogens is 216 g/mol. The molecule has 0 heterocycles. The van der Waals surface area contributed by atoms with E-state index in [0.29, 0.717) is 12.5 Å². The molecule has 0 aliphatic carbocycles. The first-order valence-electron chi connectivity index (χ1n) is 4.97. The standard InChI is InChI=1S/C10H23ClO2Si/c1-10(2,3)14(5,6)13-9(7-11)8-12-4/h9H,7-8H2,1-6H3. The molecule has 0 spiro atoms. The van der Waals surface area contributed by atoms with Gasteiger partial charge in [0.15, 0.2) is 8.32 Å². The maximum Gasteiger partial charge on any atom is 0.192 e. The van der Waals surface area contributed by atoms with Gasteiger partial charge in [-0.3, -0.25) is 0 Å². The zero-order chi connectivity index (χ0) is 11.4. The quantitative estimate of drug-likeness (QED) is 0.541. The van der Waals surface area contributed by atoms with Crippen LogP contribution in [0.1, 0.15) is 20.8 Å². The second-order valence-electron chi connectivity index (χ2n) is 5.11. The van der Waals surface area contributed by atoms with Crippen molar-refractivity contribution in [2.75, 3.05) is 19.6 Å². The highest BCUT2D eigenvalue weighted by atomic mass is 35.5. The van der Waals surface area contributed by atoms with Crippen LogP contribution in [0.15, 0.2) is 0 Å². The molecule has 0 aliphatic rings. The van der Waals surface area contributed by atoms with E-state index in [-0.39, 0.29) is 11.1 Å². The van der Waals surface area contributed by atoms with Crippen LogP contribution in [0.25, 0.3) is 0 Å². The van der Waals surface area contributed by atoms with Gasteiger partial charge in [0.05, 0.1) is 12.7 Å². The Balaban J connectivity index is 4.32. The van der Waals surface area contributed by atoms with Crippen molar-refractivity contribution in [2.45, 2.75) is 45.0 Å². The first-order valence-corrected chi connectivity index (χ1v) is 8.41. The van der Waals surface area contributed by atoms with Crippen LogP contribution in [-0.2, 0) is 9.16 Å². The van der Waals surface area contributed by atoms with E-state index in [1.165, 1.54) is 0 Å². The first kappa shape index (κ1) is 14.4. The lowest BCUT2D eigenvalue weighted by molar-refractivity contribution is 0.0848. The Morgan fingerprint density at radius 1 is 1.29 bits per heavy atom. The number of hydrogen-bond acceptors (Lipinski definition) is 2. The van der Waals surface area contributed by atoms with Gasteiger partial charge in [-0.2, -0.15) is 0 Å². The molecule has 14 heavy (non-hydrogen) atoms. The molecule has 0 amide bonds. The SMILES string of the molecule is COCC(CCl)O[Si](C)(C)C(C)(C)C. The van der Waals surface area contributed by atoms with Crippen LogP contribution in [0.3, 0.4) is 0 Å². The highest BCUT2D eigenvalue weighted by Gasteiger charge is 2.38. The molecule has 1 unspecified atom stereocenters. The van der Waals surface area contributed by atoms with Gasteiger partial charge < -0.3 is 9.16 Å². The Bertz CT molecular complexity index is 166. The first-order chi connectivity index (χ1) is 6.24. The molecule has 0 bridgehead atoms. The van der Waals surface area contributed by atoms with Crippen molar-refractivity contribution >= 4 is 19.9 Å². The number of methoxy groups -OCH3 is 1. The molecule has 0 aromatic carbocycles. The van der Waals surface area contributed by atoms with Gasteiger partial charge in [-0.25, -0.2) is 0 Å². The fourth-order valence-electron chi connectivity index (χ4n) is 0.889. The zero-order valence-corrected chi connectivity index (χ0v) is 11.9. The van der Waals surface area contributed by atoms with Gasteiger partial charge in [0.25, 0.3) is 0 Å². The molecule has 4 heteroatoms. The summed E-state index contributed by atoms with van der Waals surface area (Å²) >= 11 is 5.82. The molecular formula is C10H23ClO2Si. The summed E-state index contributed by atoms with van der Waals surface area (Å²) in [6, 6.07) is 0. The van der Waals surface area contributed by atoms with Crippen molar-refractivity contribution in [2.24, 2.45) is 0 Å². The fraction of sp³-hybridized carbons (Fsp3) is 1.00. The van der Waals surface area contributed by atoms with Crippen molar-refractivity contribution < 1.29 is 9.16 Å². The molecule has 1 atom stereocenters. The zero-order valence-electron chi connectivity index (χ0n) is 10.2. The summed E-state index contributed by atoms with van der Waals surface area (Å²) < 4.78 is 11.1. The monoisotopic (exact) mass is 238 g/mol. The fourth-order valence-corrected chi connectivity index (χ4v) is 2.49. The molecule has 2 nitrogen and oxygen atoms in total. The summed E-state index contributed by atoms with van der Waals surface area (Å²) in [6.45, 7) is 11.7. The Kier molecular flexibility index (Phi) is 5.66. The van der Waals surface area contributed by atoms with Crippen LogP contribution < -0.4 is 0 Å². The van der Waals surface area contributed by atoms with Crippen molar-refractivity contribution in [1.82, 2.24) is 0 Å². The Morgan fingerprint density at radius 2 is 1.79 bits per heavy atom. The number of ether oxygens (including phenoxy) is 1. The number of halogens is 1. The molecule has 0 aromatic heterocycles. The molecule has 0 N–H and O–H groups in total. The molecule has 0 saturated carbocycles. The van der Waals surface area contributed by atoms with E-state index in [0.717, 1.165) is 0 Å². The van der Waals surface area contributed by atoms with Crippen molar-refractivity contribution in [1.29, 1.82) is 0 Å². The summed E-state index contributed by atoms with van der Waals surface area (Å²) in [6.07, 6.45) is 0.0301. The van der Waals surface area contributed by atoms with Gasteiger partial charge in [-0.15, -0.1) is 11.6 Å². The second-order valence-corrected chi connectivity index (χ2v) is 10.2. The summed E-state index contributed by atoms with van der Waals surface area (Å²) in [5, 5.41) is 0.227. The molecule has 0 radical (unpaired) electrons. The van der Waals surface area contributed by atoms with E-state index < -0.39 is 8.32 Å². The average molecular weight is 239 g/mol. The molecule has 0 fully saturated rings. The third-order valence-corrected chi connectivity index (χ3v) is 7.67. The van der Waals surface area contributed by atoms with Crippen LogP contribution >= 0.6 is 11.6 Å².